The Balaban J connectivity index is -0.00000000300. The van der Waals surface area contributed by atoms with E-state index in [0.29, 0.717) is 0 Å². The fourth-order valence-corrected chi connectivity index (χ4v) is 0. The normalized spacial score (nSPS) is 4.33. The molecule has 6 heavy (non-hydrogen) atoms. The van der Waals surface area contributed by atoms with Crippen molar-refractivity contribution < 1.29 is 35.0 Å². The molecule has 2 N–H and O–H groups in total. The van der Waals surface area contributed by atoms with Crippen LogP contribution in [0, 0.1) is 0 Å². The molecule has 0 bridgehead atoms. The van der Waals surface area contributed by atoms with Crippen LogP contribution in [0.4, 0.5) is 0 Å². The molecule has 0 saturated heterocycles. The molecule has 0 spiro atoms. The zero-order valence-corrected chi connectivity index (χ0v) is 12.7. The molecule has 0 fully saturated rings. The number of rotatable bonds is 0. The predicted octanol–water partition coefficient (Wildman–Crippen LogP) is -1.55. The summed E-state index contributed by atoms with van der Waals surface area (Å²) in [5, 5.41) is 0. The third kappa shape index (κ3) is 25.9. The van der Waals surface area contributed by atoms with Crippen LogP contribution >= 0.6 is 0 Å². The average molecular weight is 327 g/mol. The second kappa shape index (κ2) is 11.3. The Kier molecular flexibility index (Phi) is 30.6. The second-order valence-corrected chi connectivity index (χ2v) is 1.17. The zero-order valence-electron chi connectivity index (χ0n) is 7.22. The smallest absolute Gasteiger partial charge is 2.00 e. The Morgan fingerprint density at radius 1 is 1.50 bits per heavy atom. The van der Waals surface area contributed by atoms with Gasteiger partial charge < -0.3 is 5.71 Å². The summed E-state index contributed by atoms with van der Waals surface area (Å²) >= 11 is -3.58. The van der Waals surface area contributed by atoms with Crippen LogP contribution < -0.4 is 0 Å². The van der Waals surface area contributed by atoms with E-state index in [0.717, 1.165) is 0 Å². The molecule has 0 aliphatic carbocycles. The monoisotopic (exact) mass is 328 g/mol. The first kappa shape index (κ1) is 16.2. The van der Waals surface area contributed by atoms with Gasteiger partial charge in [-0.05, 0) is 0 Å². The van der Waals surface area contributed by atoms with Crippen molar-refractivity contribution in [2.24, 2.45) is 0 Å². The fraction of sp³-hybridized carbons (Fsp3) is 0. The Hall–Kier alpha value is 3.49. The average Bonchev–Trinajstić information content (AvgIpc) is 0.811. The Bertz CT molecular complexity index is 43.5. The molecule has 0 radical (unpaired) electrons. The van der Waals surface area contributed by atoms with Crippen molar-refractivity contribution in [1.29, 1.82) is 0 Å². The molecule has 0 heterocycles. The molecule has 0 rings (SSSR count). The zero-order chi connectivity index (χ0) is 3.58. The van der Waals surface area contributed by atoms with Crippen molar-refractivity contribution in [2.75, 3.05) is 0 Å². The van der Waals surface area contributed by atoms with Crippen LogP contribution in [-0.2, 0) is 21.9 Å². The first-order valence-corrected chi connectivity index (χ1v) is 2.69. The van der Waals surface area contributed by atoms with Crippen LogP contribution in [0.2, 0.25) is 0 Å². The van der Waals surface area contributed by atoms with Crippen LogP contribution in [0.5, 0.6) is 0 Å². The molecule has 0 aromatic rings. The molecule has 0 aliphatic heterocycles. The van der Waals surface area contributed by atoms with Gasteiger partial charge in [0.2, 0.25) is 0 Å². The first-order chi connectivity index (χ1) is 1.73. The van der Waals surface area contributed by atoms with Gasteiger partial charge in [-0.15, -0.1) is 0 Å². The van der Waals surface area contributed by atoms with E-state index in [9.17, 15) is 0 Å². The summed E-state index contributed by atoms with van der Waals surface area (Å²) in [4.78, 5) is 0. The van der Waals surface area contributed by atoms with Crippen molar-refractivity contribution in [3.05, 3.63) is 0 Å². The van der Waals surface area contributed by atoms with Crippen LogP contribution in [0.15, 0.2) is 0 Å². The molecule has 3 nitrogen and oxygen atoms in total. The van der Waals surface area contributed by atoms with Gasteiger partial charge in [-0.3, -0.25) is 0 Å². The largest absolute Gasteiger partial charge is 2.00 e. The summed E-state index contributed by atoms with van der Waals surface area (Å²) in [6, 6.07) is 0. The Labute approximate surface area is 126 Å². The third-order valence-corrected chi connectivity index (χ3v) is 0. The molecule has 32 valence electrons. The van der Waals surface area contributed by atoms with Crippen molar-refractivity contribution in [1.82, 2.24) is 0 Å². The summed E-state index contributed by atoms with van der Waals surface area (Å²) in [7, 11) is 0. The second-order valence-electron chi connectivity index (χ2n) is 0.283. The minimum atomic E-state index is -3.58. The number of hydrogen-bond donors (Lipinski definition) is 2. The molecule has 0 atom stereocenters. The van der Waals surface area contributed by atoms with Gasteiger partial charge in [0.1, 0.15) is 0 Å². The maximum absolute atomic E-state index is 8.81. The molecule has 6 heteroatoms. The first-order valence-electron chi connectivity index (χ1n) is 0.651. The van der Waals surface area contributed by atoms with Crippen molar-refractivity contribution in [2.45, 2.75) is 0 Å². The molecule has 0 aromatic carbocycles. The third-order valence-electron chi connectivity index (χ3n) is 0. The van der Waals surface area contributed by atoms with Gasteiger partial charge in [0.15, 0.2) is 0 Å². The molecule has 0 aliphatic rings. The summed E-state index contributed by atoms with van der Waals surface area (Å²) in [6.07, 6.45) is 0. The van der Waals surface area contributed by atoms with Gasteiger partial charge in [0.25, 0.3) is 0 Å². The minimum absolute atomic E-state index is 0. The maximum atomic E-state index is 8.81. The van der Waals surface area contributed by atoms with Gasteiger partial charge >= 0.3 is 124 Å². The summed E-state index contributed by atoms with van der Waals surface area (Å²) in [5.41, 5.74) is 0. The minimum Gasteiger partial charge on any atom is 2.00 e. The van der Waals surface area contributed by atoms with Crippen LogP contribution in [0.3, 0.4) is 0 Å². The van der Waals surface area contributed by atoms with Crippen molar-refractivity contribution in [3.8, 4) is 0 Å². The molecular formula is H6BaO3SrTi. The van der Waals surface area contributed by atoms with E-state index >= 15 is 0 Å². The van der Waals surface area contributed by atoms with E-state index in [4.69, 9.17) is 10.7 Å². The van der Waals surface area contributed by atoms with Gasteiger partial charge in [0, 0.05) is 0 Å². The van der Waals surface area contributed by atoms with Crippen molar-refractivity contribution in [3.63, 3.8) is 0 Å². The van der Waals surface area contributed by atoms with E-state index in [1.165, 1.54) is 0 Å². The van der Waals surface area contributed by atoms with Crippen molar-refractivity contribution >= 4 is 94.4 Å². The van der Waals surface area contributed by atoms with E-state index < -0.39 is 18.6 Å². The van der Waals surface area contributed by atoms with E-state index in [1.54, 1.807) is 0 Å². The van der Waals surface area contributed by atoms with Crippen LogP contribution in [0.1, 0.15) is 5.71 Å². The Morgan fingerprint density at radius 3 is 1.50 bits per heavy atom. The van der Waals surface area contributed by atoms with Gasteiger partial charge in [-0.2, -0.15) is 0 Å². The van der Waals surface area contributed by atoms with Gasteiger partial charge in [-0.25, -0.2) is 0 Å². The van der Waals surface area contributed by atoms with Gasteiger partial charge in [-0.1, -0.05) is 0 Å². The quantitative estimate of drug-likeness (QED) is 0.530. The SMILES string of the molecule is [Ba+2].[H-].[H-].[H-].[H-].[O]=[Ti]([OH])[OH].[Sr+2]. The van der Waals surface area contributed by atoms with Crippen LogP contribution in [-0.4, -0.2) is 102 Å². The summed E-state index contributed by atoms with van der Waals surface area (Å²) in [6.45, 7) is 0. The molecule has 0 saturated carbocycles. The van der Waals surface area contributed by atoms with E-state index in [1.807, 2.05) is 0 Å². The van der Waals surface area contributed by atoms with E-state index in [-0.39, 0.29) is 100 Å². The summed E-state index contributed by atoms with van der Waals surface area (Å²) < 4.78 is 23.2. The van der Waals surface area contributed by atoms with Crippen LogP contribution in [0.25, 0.3) is 0 Å². The Morgan fingerprint density at radius 2 is 1.50 bits per heavy atom. The fourth-order valence-electron chi connectivity index (χ4n) is 0. The maximum Gasteiger partial charge on any atom is 2.00 e. The predicted molar refractivity (Wildman–Crippen MR) is 21.1 cm³/mol. The molecular weight excluding hydrogens is 321 g/mol. The summed E-state index contributed by atoms with van der Waals surface area (Å²) in [5.74, 6) is 0. The molecule has 0 amide bonds. The standard InChI is InChI=1S/Ba.2H2O.O.Sr.Ti.4H/h;2*1H2;;;;;;;/q+2;;;;2*+2;4*-1/p-2. The molecule has 0 aromatic heterocycles. The van der Waals surface area contributed by atoms with Gasteiger partial charge in [0.05, 0.1) is 0 Å². The van der Waals surface area contributed by atoms with E-state index in [2.05, 4.69) is 0 Å². The molecule has 0 unspecified atom stereocenters. The topological polar surface area (TPSA) is 57.5 Å². The number of hydrogen-bond acceptors (Lipinski definition) is 1.